The molecule has 0 aliphatic rings. The number of hydrogen-bond donors (Lipinski definition) is 1. The summed E-state index contributed by atoms with van der Waals surface area (Å²) < 4.78 is 13.7. The van der Waals surface area contributed by atoms with Gasteiger partial charge in [-0.25, -0.2) is 4.39 Å². The van der Waals surface area contributed by atoms with Gasteiger partial charge in [-0.15, -0.1) is 0 Å². The van der Waals surface area contributed by atoms with Crippen molar-refractivity contribution >= 4 is 5.57 Å². The lowest BCUT2D eigenvalue weighted by atomic mass is 9.95. The lowest BCUT2D eigenvalue weighted by Crippen LogP contribution is -2.03. The lowest BCUT2D eigenvalue weighted by molar-refractivity contribution is 0.232. The summed E-state index contributed by atoms with van der Waals surface area (Å²) in [6, 6.07) is 15.8. The van der Waals surface area contributed by atoms with Gasteiger partial charge in [0.2, 0.25) is 0 Å². The first-order valence-electron chi connectivity index (χ1n) is 5.88. The van der Waals surface area contributed by atoms with Gasteiger partial charge in [-0.3, -0.25) is 0 Å². The second kappa shape index (κ2) is 5.61. The minimum absolute atomic E-state index is 0.300. The molecule has 0 saturated heterocycles. The van der Waals surface area contributed by atoms with Crippen LogP contribution in [-0.2, 0) is 0 Å². The van der Waals surface area contributed by atoms with Crippen molar-refractivity contribution in [2.45, 2.75) is 13.0 Å². The molecule has 2 rings (SSSR count). The average molecular weight is 242 g/mol. The number of benzene rings is 2. The minimum Gasteiger partial charge on any atom is -0.384 e. The zero-order chi connectivity index (χ0) is 13.0. The van der Waals surface area contributed by atoms with E-state index in [2.05, 4.69) is 0 Å². The highest BCUT2D eigenvalue weighted by Crippen LogP contribution is 2.30. The number of aliphatic hydroxyl groups is 1. The standard InChI is InChI=1S/C16H15FO/c1-2-13(12-8-4-3-5-9-12)16(18)14-10-6-7-11-15(14)17/h2-11,16,18H,1H3. The van der Waals surface area contributed by atoms with Crippen LogP contribution in [0.15, 0.2) is 60.7 Å². The molecule has 2 heteroatoms. The summed E-state index contributed by atoms with van der Waals surface area (Å²) in [6.45, 7) is 1.84. The molecule has 0 aliphatic heterocycles. The molecule has 1 N–H and O–H groups in total. The van der Waals surface area contributed by atoms with E-state index in [0.717, 1.165) is 5.56 Å². The molecule has 0 amide bonds. The van der Waals surface area contributed by atoms with Crippen LogP contribution in [0.3, 0.4) is 0 Å². The van der Waals surface area contributed by atoms with E-state index in [1.807, 2.05) is 43.3 Å². The van der Waals surface area contributed by atoms with Crippen LogP contribution >= 0.6 is 0 Å². The maximum atomic E-state index is 13.7. The van der Waals surface area contributed by atoms with Crippen LogP contribution in [0, 0.1) is 5.82 Å². The number of aliphatic hydroxyl groups excluding tert-OH is 1. The molecular formula is C16H15FO. The summed E-state index contributed by atoms with van der Waals surface area (Å²) in [6.07, 6.45) is 0.866. The van der Waals surface area contributed by atoms with E-state index >= 15 is 0 Å². The molecule has 0 radical (unpaired) electrons. The summed E-state index contributed by atoms with van der Waals surface area (Å²) in [5, 5.41) is 10.3. The number of rotatable bonds is 3. The maximum Gasteiger partial charge on any atom is 0.129 e. The fourth-order valence-corrected chi connectivity index (χ4v) is 1.98. The number of halogens is 1. The van der Waals surface area contributed by atoms with E-state index in [1.54, 1.807) is 18.2 Å². The molecule has 2 aromatic carbocycles. The van der Waals surface area contributed by atoms with Gasteiger partial charge in [0.15, 0.2) is 0 Å². The van der Waals surface area contributed by atoms with Crippen molar-refractivity contribution in [1.82, 2.24) is 0 Å². The minimum atomic E-state index is -0.946. The fraction of sp³-hybridized carbons (Fsp3) is 0.125. The first kappa shape index (κ1) is 12.5. The molecule has 0 saturated carbocycles. The van der Waals surface area contributed by atoms with Crippen LogP contribution in [0.25, 0.3) is 5.57 Å². The maximum absolute atomic E-state index is 13.7. The highest BCUT2D eigenvalue weighted by Gasteiger charge is 2.17. The highest BCUT2D eigenvalue weighted by atomic mass is 19.1. The summed E-state index contributed by atoms with van der Waals surface area (Å²) in [5.41, 5.74) is 1.91. The van der Waals surface area contributed by atoms with E-state index in [1.165, 1.54) is 6.07 Å². The van der Waals surface area contributed by atoms with Crippen LogP contribution in [0.5, 0.6) is 0 Å². The van der Waals surface area contributed by atoms with E-state index in [-0.39, 0.29) is 5.82 Å². The normalized spacial score (nSPS) is 13.4. The van der Waals surface area contributed by atoms with Gasteiger partial charge in [-0.2, -0.15) is 0 Å². The second-order valence-corrected chi connectivity index (χ2v) is 4.03. The van der Waals surface area contributed by atoms with Gasteiger partial charge in [0.25, 0.3) is 0 Å². The summed E-state index contributed by atoms with van der Waals surface area (Å²) in [5.74, 6) is -0.389. The molecular weight excluding hydrogens is 227 g/mol. The second-order valence-electron chi connectivity index (χ2n) is 4.03. The Hall–Kier alpha value is -1.93. The third-order valence-corrected chi connectivity index (χ3v) is 2.91. The van der Waals surface area contributed by atoms with Crippen LogP contribution in [-0.4, -0.2) is 5.11 Å². The fourth-order valence-electron chi connectivity index (χ4n) is 1.98. The Morgan fingerprint density at radius 3 is 2.28 bits per heavy atom. The van der Waals surface area contributed by atoms with Crippen molar-refractivity contribution in [3.63, 3.8) is 0 Å². The Kier molecular flexibility index (Phi) is 3.90. The van der Waals surface area contributed by atoms with Crippen LogP contribution in [0.4, 0.5) is 4.39 Å². The molecule has 0 aromatic heterocycles. The Bertz CT molecular complexity index is 546. The van der Waals surface area contributed by atoms with Crippen molar-refractivity contribution in [2.75, 3.05) is 0 Å². The van der Waals surface area contributed by atoms with Crippen LogP contribution in [0.2, 0.25) is 0 Å². The number of allylic oxidation sites excluding steroid dienone is 1. The van der Waals surface area contributed by atoms with Crippen molar-refractivity contribution < 1.29 is 9.50 Å². The van der Waals surface area contributed by atoms with Crippen LogP contribution in [0.1, 0.15) is 24.2 Å². The SMILES string of the molecule is CC=C(c1ccccc1)C(O)c1ccccc1F. The van der Waals surface area contributed by atoms with E-state index in [4.69, 9.17) is 0 Å². The molecule has 92 valence electrons. The van der Waals surface area contributed by atoms with Gasteiger partial charge in [-0.05, 0) is 24.1 Å². The third-order valence-electron chi connectivity index (χ3n) is 2.91. The Morgan fingerprint density at radius 2 is 1.67 bits per heavy atom. The van der Waals surface area contributed by atoms with Crippen molar-refractivity contribution in [2.24, 2.45) is 0 Å². The quantitative estimate of drug-likeness (QED) is 0.863. The molecule has 18 heavy (non-hydrogen) atoms. The van der Waals surface area contributed by atoms with Gasteiger partial charge >= 0.3 is 0 Å². The highest BCUT2D eigenvalue weighted by molar-refractivity contribution is 5.70. The molecule has 0 spiro atoms. The third kappa shape index (κ3) is 2.49. The Labute approximate surface area is 106 Å². The molecule has 0 fully saturated rings. The molecule has 0 bridgehead atoms. The summed E-state index contributed by atoms with van der Waals surface area (Å²) in [4.78, 5) is 0. The smallest absolute Gasteiger partial charge is 0.129 e. The van der Waals surface area contributed by atoms with E-state index in [9.17, 15) is 9.50 Å². The molecule has 1 unspecified atom stereocenters. The zero-order valence-corrected chi connectivity index (χ0v) is 10.2. The first-order chi connectivity index (χ1) is 8.74. The predicted molar refractivity (Wildman–Crippen MR) is 71.5 cm³/mol. The lowest BCUT2D eigenvalue weighted by Gasteiger charge is -2.16. The van der Waals surface area contributed by atoms with Crippen molar-refractivity contribution in [3.8, 4) is 0 Å². The average Bonchev–Trinajstić information content (AvgIpc) is 2.41. The predicted octanol–water partition coefficient (Wildman–Crippen LogP) is 3.96. The van der Waals surface area contributed by atoms with Gasteiger partial charge in [-0.1, -0.05) is 54.6 Å². The topological polar surface area (TPSA) is 20.2 Å². The molecule has 2 aromatic rings. The number of hydrogen-bond acceptors (Lipinski definition) is 1. The van der Waals surface area contributed by atoms with Gasteiger partial charge in [0, 0.05) is 5.56 Å². The zero-order valence-electron chi connectivity index (χ0n) is 10.2. The summed E-state index contributed by atoms with van der Waals surface area (Å²) in [7, 11) is 0. The Morgan fingerprint density at radius 1 is 1.06 bits per heavy atom. The molecule has 1 atom stereocenters. The Balaban J connectivity index is 2.39. The molecule has 0 aliphatic carbocycles. The van der Waals surface area contributed by atoms with E-state index in [0.29, 0.717) is 11.1 Å². The largest absolute Gasteiger partial charge is 0.384 e. The summed E-state index contributed by atoms with van der Waals surface area (Å²) >= 11 is 0. The van der Waals surface area contributed by atoms with Gasteiger partial charge in [0.05, 0.1) is 0 Å². The molecule has 1 nitrogen and oxygen atoms in total. The van der Waals surface area contributed by atoms with Gasteiger partial charge in [0.1, 0.15) is 11.9 Å². The first-order valence-corrected chi connectivity index (χ1v) is 5.88. The van der Waals surface area contributed by atoms with Crippen LogP contribution < -0.4 is 0 Å². The van der Waals surface area contributed by atoms with Crippen molar-refractivity contribution in [1.29, 1.82) is 0 Å². The molecule has 0 heterocycles. The monoisotopic (exact) mass is 242 g/mol. The van der Waals surface area contributed by atoms with E-state index < -0.39 is 6.10 Å². The van der Waals surface area contributed by atoms with Crippen molar-refractivity contribution in [3.05, 3.63) is 77.6 Å². The van der Waals surface area contributed by atoms with Gasteiger partial charge < -0.3 is 5.11 Å².